The molecule has 2 aliphatic rings. The van der Waals surface area contributed by atoms with Gasteiger partial charge in [0.2, 0.25) is 5.91 Å². The summed E-state index contributed by atoms with van der Waals surface area (Å²) in [5, 5.41) is 5.88. The Morgan fingerprint density at radius 2 is 1.83 bits per heavy atom. The summed E-state index contributed by atoms with van der Waals surface area (Å²) >= 11 is 0. The standard InChI is InChI=1S/C23H34N4O3/c1-3-26(4-2)19(16-18-10-6-5-7-11-18)17-24-20(28)12-15-27-21(29)23(25-22(27)30)13-8-9-14-23/h5-7,10-11,19H,3-4,8-9,12-17H2,1-2H3,(H,24,28)(H,25,30). The molecule has 164 valence electrons. The quantitative estimate of drug-likeness (QED) is 0.576. The van der Waals surface area contributed by atoms with Crippen molar-refractivity contribution >= 4 is 17.8 Å². The van der Waals surface area contributed by atoms with E-state index in [1.807, 2.05) is 18.2 Å². The number of likely N-dealkylation sites (N-methyl/N-ethyl adjacent to an activating group) is 1. The molecule has 1 spiro atoms. The first-order valence-corrected chi connectivity index (χ1v) is 11.2. The Labute approximate surface area is 179 Å². The van der Waals surface area contributed by atoms with Gasteiger partial charge in [0, 0.05) is 25.6 Å². The fourth-order valence-electron chi connectivity index (χ4n) is 4.69. The van der Waals surface area contributed by atoms with Gasteiger partial charge >= 0.3 is 6.03 Å². The van der Waals surface area contributed by atoms with Crippen molar-refractivity contribution in [1.29, 1.82) is 0 Å². The van der Waals surface area contributed by atoms with E-state index in [-0.39, 0.29) is 36.9 Å². The summed E-state index contributed by atoms with van der Waals surface area (Å²) < 4.78 is 0. The predicted octanol–water partition coefficient (Wildman–Crippen LogP) is 2.31. The van der Waals surface area contributed by atoms with Crippen LogP contribution >= 0.6 is 0 Å². The predicted molar refractivity (Wildman–Crippen MR) is 116 cm³/mol. The lowest BCUT2D eigenvalue weighted by Crippen LogP contribution is -2.46. The van der Waals surface area contributed by atoms with Crippen molar-refractivity contribution in [3.63, 3.8) is 0 Å². The van der Waals surface area contributed by atoms with Crippen molar-refractivity contribution < 1.29 is 14.4 Å². The van der Waals surface area contributed by atoms with Crippen LogP contribution in [-0.2, 0) is 16.0 Å². The molecule has 1 aromatic rings. The van der Waals surface area contributed by atoms with Crippen LogP contribution in [0.4, 0.5) is 4.79 Å². The van der Waals surface area contributed by atoms with Crippen molar-refractivity contribution in [2.45, 2.75) is 64.0 Å². The van der Waals surface area contributed by atoms with Crippen LogP contribution in [-0.4, -0.2) is 65.4 Å². The highest BCUT2D eigenvalue weighted by molar-refractivity contribution is 6.07. The molecule has 1 saturated heterocycles. The maximum Gasteiger partial charge on any atom is 0.325 e. The van der Waals surface area contributed by atoms with Crippen molar-refractivity contribution in [3.8, 4) is 0 Å². The van der Waals surface area contributed by atoms with E-state index in [2.05, 4.69) is 41.5 Å². The Morgan fingerprint density at radius 3 is 2.47 bits per heavy atom. The minimum atomic E-state index is -0.711. The summed E-state index contributed by atoms with van der Waals surface area (Å²) in [6, 6.07) is 10.1. The summed E-state index contributed by atoms with van der Waals surface area (Å²) in [5.74, 6) is -0.295. The van der Waals surface area contributed by atoms with E-state index in [1.165, 1.54) is 10.5 Å². The van der Waals surface area contributed by atoms with Crippen molar-refractivity contribution in [3.05, 3.63) is 35.9 Å². The van der Waals surface area contributed by atoms with Crippen LogP contribution in [0.5, 0.6) is 0 Å². The monoisotopic (exact) mass is 414 g/mol. The molecule has 4 amide bonds. The highest BCUT2D eigenvalue weighted by Gasteiger charge is 2.52. The lowest BCUT2D eigenvalue weighted by atomic mass is 9.98. The molecule has 3 rings (SSSR count). The number of nitrogens with zero attached hydrogens (tertiary/aromatic N) is 2. The Bertz CT molecular complexity index is 742. The second kappa shape index (κ2) is 10.1. The van der Waals surface area contributed by atoms with Gasteiger partial charge in [-0.3, -0.25) is 19.4 Å². The first kappa shape index (κ1) is 22.3. The van der Waals surface area contributed by atoms with E-state index in [9.17, 15) is 14.4 Å². The highest BCUT2D eigenvalue weighted by atomic mass is 16.2. The Hall–Kier alpha value is -2.41. The number of imide groups is 1. The van der Waals surface area contributed by atoms with Crippen LogP contribution in [0.1, 0.15) is 51.5 Å². The molecule has 1 aliphatic carbocycles. The third-order valence-corrected chi connectivity index (χ3v) is 6.44. The van der Waals surface area contributed by atoms with E-state index in [4.69, 9.17) is 0 Å². The first-order chi connectivity index (χ1) is 14.5. The van der Waals surface area contributed by atoms with Crippen molar-refractivity contribution in [2.75, 3.05) is 26.2 Å². The third kappa shape index (κ3) is 5.01. The number of carbonyl (C=O) groups is 3. The number of hydrogen-bond donors (Lipinski definition) is 2. The highest BCUT2D eigenvalue weighted by Crippen LogP contribution is 2.34. The van der Waals surface area contributed by atoms with Crippen LogP contribution in [0.15, 0.2) is 30.3 Å². The largest absolute Gasteiger partial charge is 0.354 e. The maximum absolute atomic E-state index is 12.7. The minimum absolute atomic E-state index is 0.131. The average Bonchev–Trinajstić information content (AvgIpc) is 3.31. The van der Waals surface area contributed by atoms with E-state index in [0.29, 0.717) is 19.4 Å². The molecule has 1 aliphatic heterocycles. The molecular formula is C23H34N4O3. The topological polar surface area (TPSA) is 81.8 Å². The van der Waals surface area contributed by atoms with Gasteiger partial charge in [-0.25, -0.2) is 4.79 Å². The lowest BCUT2D eigenvalue weighted by Gasteiger charge is -2.30. The van der Waals surface area contributed by atoms with Gasteiger partial charge in [0.1, 0.15) is 5.54 Å². The summed E-state index contributed by atoms with van der Waals surface area (Å²) in [6.45, 7) is 6.74. The summed E-state index contributed by atoms with van der Waals surface area (Å²) in [4.78, 5) is 41.0. The smallest absolute Gasteiger partial charge is 0.325 e. The second-order valence-corrected chi connectivity index (χ2v) is 8.29. The van der Waals surface area contributed by atoms with E-state index in [0.717, 1.165) is 32.4 Å². The van der Waals surface area contributed by atoms with Gasteiger partial charge < -0.3 is 10.6 Å². The molecule has 2 N–H and O–H groups in total. The molecule has 30 heavy (non-hydrogen) atoms. The van der Waals surface area contributed by atoms with Gasteiger partial charge in [-0.1, -0.05) is 57.0 Å². The zero-order valence-corrected chi connectivity index (χ0v) is 18.2. The SMILES string of the molecule is CCN(CC)C(CNC(=O)CCN1C(=O)NC2(CCCC2)C1=O)Cc1ccccc1. The molecule has 0 bridgehead atoms. The molecule has 7 heteroatoms. The van der Waals surface area contributed by atoms with Gasteiger partial charge in [-0.05, 0) is 37.9 Å². The zero-order chi connectivity index (χ0) is 21.6. The number of nitrogens with one attached hydrogen (secondary N) is 2. The van der Waals surface area contributed by atoms with Crippen molar-refractivity contribution in [2.24, 2.45) is 0 Å². The van der Waals surface area contributed by atoms with Gasteiger partial charge in [-0.15, -0.1) is 0 Å². The molecule has 1 heterocycles. The fraction of sp³-hybridized carbons (Fsp3) is 0.609. The Kier molecular flexibility index (Phi) is 7.48. The Morgan fingerprint density at radius 1 is 1.17 bits per heavy atom. The number of carbonyl (C=O) groups excluding carboxylic acids is 3. The number of amides is 4. The number of rotatable bonds is 10. The summed E-state index contributed by atoms with van der Waals surface area (Å²) in [7, 11) is 0. The first-order valence-electron chi connectivity index (χ1n) is 11.2. The molecule has 0 aromatic heterocycles. The van der Waals surface area contributed by atoms with Gasteiger partial charge in [0.15, 0.2) is 0 Å². The maximum atomic E-state index is 12.7. The second-order valence-electron chi connectivity index (χ2n) is 8.29. The summed E-state index contributed by atoms with van der Waals surface area (Å²) in [6.07, 6.45) is 4.30. The lowest BCUT2D eigenvalue weighted by molar-refractivity contribution is -0.131. The molecule has 2 fully saturated rings. The van der Waals surface area contributed by atoms with E-state index >= 15 is 0 Å². The van der Waals surface area contributed by atoms with Crippen molar-refractivity contribution in [1.82, 2.24) is 20.4 Å². The van der Waals surface area contributed by atoms with E-state index < -0.39 is 5.54 Å². The number of urea groups is 1. The van der Waals surface area contributed by atoms with Crippen LogP contribution in [0.25, 0.3) is 0 Å². The van der Waals surface area contributed by atoms with Crippen LogP contribution in [0.3, 0.4) is 0 Å². The molecule has 1 unspecified atom stereocenters. The van der Waals surface area contributed by atoms with Crippen LogP contribution in [0, 0.1) is 0 Å². The molecule has 0 radical (unpaired) electrons. The number of hydrogen-bond acceptors (Lipinski definition) is 4. The molecule has 7 nitrogen and oxygen atoms in total. The number of benzene rings is 1. The third-order valence-electron chi connectivity index (χ3n) is 6.44. The minimum Gasteiger partial charge on any atom is -0.354 e. The van der Waals surface area contributed by atoms with E-state index in [1.54, 1.807) is 0 Å². The normalized spacial score (nSPS) is 18.8. The molecule has 1 saturated carbocycles. The van der Waals surface area contributed by atoms with Gasteiger partial charge in [-0.2, -0.15) is 0 Å². The van der Waals surface area contributed by atoms with Crippen LogP contribution in [0.2, 0.25) is 0 Å². The molecule has 1 atom stereocenters. The Balaban J connectivity index is 1.51. The molecule has 1 aromatic carbocycles. The van der Waals surface area contributed by atoms with Gasteiger partial charge in [0.05, 0.1) is 0 Å². The fourth-order valence-corrected chi connectivity index (χ4v) is 4.69. The van der Waals surface area contributed by atoms with Gasteiger partial charge in [0.25, 0.3) is 5.91 Å². The average molecular weight is 415 g/mol. The zero-order valence-electron chi connectivity index (χ0n) is 18.2. The molecular weight excluding hydrogens is 380 g/mol. The summed E-state index contributed by atoms with van der Waals surface area (Å²) in [5.41, 5.74) is 0.529. The van der Waals surface area contributed by atoms with Crippen LogP contribution < -0.4 is 10.6 Å².